The first kappa shape index (κ1) is 21.9. The second-order valence-electron chi connectivity index (χ2n) is 7.73. The van der Waals surface area contributed by atoms with Crippen molar-refractivity contribution in [3.63, 3.8) is 0 Å². The molecule has 1 aromatic heterocycles. The average Bonchev–Trinajstić information content (AvgIpc) is 3.27. The highest BCUT2D eigenvalue weighted by Gasteiger charge is 2.23. The standard InChI is InChI=1S/C24H19ClN4O5/c25-17-5-7-22-19(14-17)27-24(34-22)16-2-1-3-18(12-16)26-23(30)15-4-6-20(21(13-15)29(31)32)28-8-10-33-11-9-28/h1-7,12-14H,8-11H2,(H,26,30). The largest absolute Gasteiger partial charge is 0.436 e. The van der Waals surface area contributed by atoms with Crippen LogP contribution in [0.1, 0.15) is 10.4 Å². The Kier molecular flexibility index (Phi) is 5.87. The molecule has 0 bridgehead atoms. The Morgan fingerprint density at radius 3 is 2.71 bits per heavy atom. The zero-order chi connectivity index (χ0) is 23.7. The molecule has 4 aromatic rings. The molecule has 172 valence electrons. The van der Waals surface area contributed by atoms with E-state index >= 15 is 0 Å². The van der Waals surface area contributed by atoms with Gasteiger partial charge in [0.25, 0.3) is 11.6 Å². The molecule has 0 spiro atoms. The molecular formula is C24H19ClN4O5. The Morgan fingerprint density at radius 1 is 1.09 bits per heavy atom. The summed E-state index contributed by atoms with van der Waals surface area (Å²) in [6.45, 7) is 2.12. The molecule has 0 atom stereocenters. The van der Waals surface area contributed by atoms with E-state index in [1.54, 1.807) is 48.5 Å². The van der Waals surface area contributed by atoms with E-state index in [0.717, 1.165) is 0 Å². The van der Waals surface area contributed by atoms with Gasteiger partial charge >= 0.3 is 0 Å². The number of benzene rings is 3. The van der Waals surface area contributed by atoms with Crippen LogP contribution >= 0.6 is 11.6 Å². The number of nitro groups is 1. The third-order valence-electron chi connectivity index (χ3n) is 5.50. The van der Waals surface area contributed by atoms with Crippen LogP contribution in [0.15, 0.2) is 65.1 Å². The molecule has 1 fully saturated rings. The summed E-state index contributed by atoms with van der Waals surface area (Å²) in [5.41, 5.74) is 2.94. The molecule has 2 heterocycles. The average molecular weight is 479 g/mol. The van der Waals surface area contributed by atoms with Gasteiger partial charge in [-0.2, -0.15) is 0 Å². The zero-order valence-corrected chi connectivity index (χ0v) is 18.6. The first-order valence-electron chi connectivity index (χ1n) is 10.6. The van der Waals surface area contributed by atoms with Gasteiger partial charge in [-0.15, -0.1) is 0 Å². The number of nitro benzene ring substituents is 1. The van der Waals surface area contributed by atoms with Gasteiger partial charge in [0, 0.05) is 41.0 Å². The molecule has 1 aliphatic heterocycles. The summed E-state index contributed by atoms with van der Waals surface area (Å²) < 4.78 is 11.1. The Bertz CT molecular complexity index is 1400. The predicted molar refractivity (Wildman–Crippen MR) is 129 cm³/mol. The van der Waals surface area contributed by atoms with E-state index in [2.05, 4.69) is 10.3 Å². The van der Waals surface area contributed by atoms with Crippen LogP contribution in [0.4, 0.5) is 17.1 Å². The minimum Gasteiger partial charge on any atom is -0.436 e. The molecular weight excluding hydrogens is 460 g/mol. The molecule has 0 unspecified atom stereocenters. The fourth-order valence-corrected chi connectivity index (χ4v) is 4.01. The van der Waals surface area contributed by atoms with Gasteiger partial charge in [0.2, 0.25) is 5.89 Å². The predicted octanol–water partition coefficient (Wildman–Crippen LogP) is 5.15. The van der Waals surface area contributed by atoms with E-state index < -0.39 is 10.8 Å². The third kappa shape index (κ3) is 4.43. The van der Waals surface area contributed by atoms with Crippen molar-refractivity contribution in [2.24, 2.45) is 0 Å². The number of hydrogen-bond acceptors (Lipinski definition) is 7. The highest BCUT2D eigenvalue weighted by Crippen LogP contribution is 2.31. The van der Waals surface area contributed by atoms with Crippen molar-refractivity contribution < 1.29 is 18.9 Å². The molecule has 5 rings (SSSR count). The lowest BCUT2D eigenvalue weighted by Crippen LogP contribution is -2.36. The van der Waals surface area contributed by atoms with Crippen LogP contribution < -0.4 is 10.2 Å². The van der Waals surface area contributed by atoms with Crippen LogP contribution in [0.3, 0.4) is 0 Å². The van der Waals surface area contributed by atoms with Gasteiger partial charge in [0.15, 0.2) is 5.58 Å². The fraction of sp³-hybridized carbons (Fsp3) is 0.167. The Balaban J connectivity index is 1.38. The van der Waals surface area contributed by atoms with Crippen molar-refractivity contribution in [2.45, 2.75) is 0 Å². The van der Waals surface area contributed by atoms with Gasteiger partial charge in [-0.3, -0.25) is 14.9 Å². The van der Waals surface area contributed by atoms with Crippen LogP contribution in [0.2, 0.25) is 5.02 Å². The van der Waals surface area contributed by atoms with Crippen molar-refractivity contribution in [1.29, 1.82) is 0 Å². The first-order chi connectivity index (χ1) is 16.5. The molecule has 1 N–H and O–H groups in total. The maximum Gasteiger partial charge on any atom is 0.293 e. The molecule has 34 heavy (non-hydrogen) atoms. The van der Waals surface area contributed by atoms with Gasteiger partial charge < -0.3 is 19.4 Å². The Morgan fingerprint density at radius 2 is 1.91 bits per heavy atom. The smallest absolute Gasteiger partial charge is 0.293 e. The number of carbonyl (C=O) groups excluding carboxylic acids is 1. The number of oxazole rings is 1. The number of hydrogen-bond donors (Lipinski definition) is 1. The van der Waals surface area contributed by atoms with E-state index in [0.29, 0.717) is 65.3 Å². The lowest BCUT2D eigenvalue weighted by Gasteiger charge is -2.28. The Labute approximate surface area is 199 Å². The maximum absolute atomic E-state index is 12.9. The minimum absolute atomic E-state index is 0.117. The quantitative estimate of drug-likeness (QED) is 0.312. The second kappa shape index (κ2) is 9.12. The van der Waals surface area contributed by atoms with Crippen molar-refractivity contribution >= 4 is 45.7 Å². The van der Waals surface area contributed by atoms with Gasteiger partial charge in [-0.25, -0.2) is 4.98 Å². The van der Waals surface area contributed by atoms with Crippen molar-refractivity contribution in [3.05, 3.63) is 81.4 Å². The van der Waals surface area contributed by atoms with Crippen molar-refractivity contribution in [3.8, 4) is 11.5 Å². The number of nitrogens with one attached hydrogen (secondary N) is 1. The monoisotopic (exact) mass is 478 g/mol. The number of morpholine rings is 1. The summed E-state index contributed by atoms with van der Waals surface area (Å²) in [4.78, 5) is 30.4. The van der Waals surface area contributed by atoms with Gasteiger partial charge in [-0.1, -0.05) is 17.7 Å². The van der Waals surface area contributed by atoms with Crippen LogP contribution in [0.5, 0.6) is 0 Å². The SMILES string of the molecule is O=C(Nc1cccc(-c2nc3cc(Cl)ccc3o2)c1)c1ccc(N2CCOCC2)c([N+](=O)[O-])c1. The summed E-state index contributed by atoms with van der Waals surface area (Å²) >= 11 is 6.02. The van der Waals surface area contributed by atoms with E-state index in [1.165, 1.54) is 6.07 Å². The van der Waals surface area contributed by atoms with Crippen LogP contribution in [0, 0.1) is 10.1 Å². The molecule has 1 saturated heterocycles. The summed E-state index contributed by atoms with van der Waals surface area (Å²) in [7, 11) is 0. The highest BCUT2D eigenvalue weighted by molar-refractivity contribution is 6.31. The third-order valence-corrected chi connectivity index (χ3v) is 5.74. The number of halogens is 1. The van der Waals surface area contributed by atoms with E-state index in [4.69, 9.17) is 20.8 Å². The normalized spacial score (nSPS) is 13.7. The summed E-state index contributed by atoms with van der Waals surface area (Å²) in [6.07, 6.45) is 0. The van der Waals surface area contributed by atoms with E-state index in [9.17, 15) is 14.9 Å². The molecule has 1 aliphatic rings. The van der Waals surface area contributed by atoms with Crippen molar-refractivity contribution in [1.82, 2.24) is 4.98 Å². The number of fused-ring (bicyclic) bond motifs is 1. The lowest BCUT2D eigenvalue weighted by atomic mass is 10.1. The number of nitrogens with zero attached hydrogens (tertiary/aromatic N) is 3. The Hall–Kier alpha value is -3.95. The van der Waals surface area contributed by atoms with Crippen molar-refractivity contribution in [2.75, 3.05) is 36.5 Å². The fourth-order valence-electron chi connectivity index (χ4n) is 3.84. The van der Waals surface area contributed by atoms with E-state index in [-0.39, 0.29) is 11.3 Å². The number of rotatable bonds is 5. The maximum atomic E-state index is 12.9. The number of anilines is 2. The minimum atomic E-state index is -0.471. The molecule has 10 heteroatoms. The number of amides is 1. The van der Waals surface area contributed by atoms with Gasteiger partial charge in [0.05, 0.1) is 18.1 Å². The summed E-state index contributed by atoms with van der Waals surface area (Å²) in [6, 6.07) is 16.7. The molecule has 3 aromatic carbocycles. The molecule has 0 aliphatic carbocycles. The number of carbonyl (C=O) groups is 1. The summed E-state index contributed by atoms with van der Waals surface area (Å²) in [5, 5.41) is 15.0. The molecule has 0 saturated carbocycles. The lowest BCUT2D eigenvalue weighted by molar-refractivity contribution is -0.384. The molecule has 0 radical (unpaired) electrons. The molecule has 9 nitrogen and oxygen atoms in total. The summed E-state index contributed by atoms with van der Waals surface area (Å²) in [5.74, 6) is -0.0722. The van der Waals surface area contributed by atoms with Crippen LogP contribution in [-0.2, 0) is 4.74 Å². The number of aromatic nitrogens is 1. The van der Waals surface area contributed by atoms with Crippen LogP contribution in [0.25, 0.3) is 22.6 Å². The van der Waals surface area contributed by atoms with Crippen LogP contribution in [-0.4, -0.2) is 42.1 Å². The first-order valence-corrected chi connectivity index (χ1v) is 10.9. The number of ether oxygens (including phenoxy) is 1. The second-order valence-corrected chi connectivity index (χ2v) is 8.16. The highest BCUT2D eigenvalue weighted by atomic mass is 35.5. The topological polar surface area (TPSA) is 111 Å². The molecule has 1 amide bonds. The zero-order valence-electron chi connectivity index (χ0n) is 17.9. The van der Waals surface area contributed by atoms with E-state index in [1.807, 2.05) is 11.0 Å². The van der Waals surface area contributed by atoms with Gasteiger partial charge in [-0.05, 0) is 48.5 Å². The van der Waals surface area contributed by atoms with Gasteiger partial charge in [0.1, 0.15) is 11.2 Å².